The summed E-state index contributed by atoms with van der Waals surface area (Å²) in [4.78, 5) is 23.4. The van der Waals surface area contributed by atoms with Gasteiger partial charge in [-0.2, -0.15) is 5.26 Å². The van der Waals surface area contributed by atoms with Gasteiger partial charge >= 0.3 is 0 Å². The van der Waals surface area contributed by atoms with E-state index in [1.54, 1.807) is 30.3 Å². The lowest BCUT2D eigenvalue weighted by Gasteiger charge is -2.03. The van der Waals surface area contributed by atoms with Crippen molar-refractivity contribution < 1.29 is 4.79 Å². The summed E-state index contributed by atoms with van der Waals surface area (Å²) in [5, 5.41) is 12.6. The Hall–Kier alpha value is -2.56. The minimum absolute atomic E-state index is 0.161. The summed E-state index contributed by atoms with van der Waals surface area (Å²) in [5.41, 5.74) is 2.48. The van der Waals surface area contributed by atoms with Crippen LogP contribution in [0, 0.1) is 11.3 Å². The number of pyridine rings is 1. The van der Waals surface area contributed by atoms with Crippen LogP contribution in [0.3, 0.4) is 0 Å². The van der Waals surface area contributed by atoms with E-state index in [0.717, 1.165) is 5.52 Å². The third kappa shape index (κ3) is 3.80. The van der Waals surface area contributed by atoms with E-state index >= 15 is 0 Å². The van der Waals surface area contributed by atoms with E-state index in [1.165, 1.54) is 18.0 Å². The summed E-state index contributed by atoms with van der Waals surface area (Å²) >= 11 is 7.14. The number of anilines is 1. The van der Waals surface area contributed by atoms with Gasteiger partial charge in [0.25, 0.3) is 0 Å². The number of rotatable bonds is 4. The summed E-state index contributed by atoms with van der Waals surface area (Å²) in [6, 6.07) is 10.4. The second-order valence-electron chi connectivity index (χ2n) is 4.59. The van der Waals surface area contributed by atoms with Crippen molar-refractivity contribution in [2.75, 3.05) is 11.1 Å². The highest BCUT2D eigenvalue weighted by Crippen LogP contribution is 2.20. The van der Waals surface area contributed by atoms with E-state index < -0.39 is 0 Å². The third-order valence-corrected chi connectivity index (χ3v) is 4.00. The summed E-state index contributed by atoms with van der Waals surface area (Å²) < 4.78 is 0. The third-order valence-electron chi connectivity index (χ3n) is 2.92. The highest BCUT2D eigenvalue weighted by Gasteiger charge is 2.08. The van der Waals surface area contributed by atoms with Crippen molar-refractivity contribution in [3.63, 3.8) is 0 Å². The van der Waals surface area contributed by atoms with Gasteiger partial charge in [0, 0.05) is 11.9 Å². The smallest absolute Gasteiger partial charge is 0.234 e. The van der Waals surface area contributed by atoms with Crippen molar-refractivity contribution in [2.45, 2.75) is 5.16 Å². The van der Waals surface area contributed by atoms with Crippen molar-refractivity contribution in [1.29, 1.82) is 5.26 Å². The van der Waals surface area contributed by atoms with E-state index in [-0.39, 0.29) is 11.7 Å². The first kappa shape index (κ1) is 15.3. The molecule has 23 heavy (non-hydrogen) atoms. The molecule has 3 aromatic rings. The molecule has 1 aromatic carbocycles. The fourth-order valence-corrected chi connectivity index (χ4v) is 2.71. The predicted molar refractivity (Wildman–Crippen MR) is 89.4 cm³/mol. The van der Waals surface area contributed by atoms with E-state index in [0.29, 0.717) is 27.1 Å². The van der Waals surface area contributed by atoms with Crippen LogP contribution < -0.4 is 5.32 Å². The number of halogens is 1. The highest BCUT2D eigenvalue weighted by atomic mass is 35.5. The maximum atomic E-state index is 11.9. The maximum Gasteiger partial charge on any atom is 0.234 e. The number of carbonyl (C=O) groups is 1. The van der Waals surface area contributed by atoms with Gasteiger partial charge in [-0.15, -0.1) is 0 Å². The molecule has 1 amide bonds. The lowest BCUT2D eigenvalue weighted by Crippen LogP contribution is -2.14. The van der Waals surface area contributed by atoms with Crippen LogP contribution in [0.1, 0.15) is 5.56 Å². The van der Waals surface area contributed by atoms with Crippen LogP contribution in [-0.4, -0.2) is 26.6 Å². The number of aromatic nitrogens is 3. The Morgan fingerprint density at radius 1 is 1.39 bits per heavy atom. The second kappa shape index (κ2) is 6.69. The Morgan fingerprint density at radius 2 is 2.17 bits per heavy atom. The average Bonchev–Trinajstić information content (AvgIpc) is 2.95. The average molecular weight is 344 g/mol. The molecule has 6 nitrogen and oxygen atoms in total. The molecule has 0 aliphatic carbocycles. The number of hydrogen-bond acceptors (Lipinski definition) is 5. The molecular weight excluding hydrogens is 334 g/mol. The Kier molecular flexibility index (Phi) is 4.46. The molecule has 2 N–H and O–H groups in total. The van der Waals surface area contributed by atoms with Gasteiger partial charge in [0.05, 0.1) is 27.9 Å². The van der Waals surface area contributed by atoms with Gasteiger partial charge in [0.15, 0.2) is 10.8 Å². The highest BCUT2D eigenvalue weighted by molar-refractivity contribution is 7.99. The number of imidazole rings is 1. The van der Waals surface area contributed by atoms with E-state index in [4.69, 9.17) is 16.9 Å². The number of thioether (sulfide) groups is 1. The van der Waals surface area contributed by atoms with Gasteiger partial charge in [-0.3, -0.25) is 4.79 Å². The lowest BCUT2D eigenvalue weighted by molar-refractivity contribution is -0.113. The minimum atomic E-state index is -0.161. The number of H-pyrrole nitrogens is 1. The fraction of sp³-hybridized carbons (Fsp3) is 0.0667. The first-order chi connectivity index (χ1) is 11.1. The van der Waals surface area contributed by atoms with Crippen LogP contribution in [0.15, 0.2) is 41.7 Å². The minimum Gasteiger partial charge on any atom is -0.331 e. The molecule has 2 heterocycles. The molecule has 0 saturated heterocycles. The number of amides is 1. The molecule has 114 valence electrons. The quantitative estimate of drug-likeness (QED) is 0.709. The molecule has 0 fully saturated rings. The lowest BCUT2D eigenvalue weighted by atomic mass is 10.2. The number of carbonyl (C=O) groups excluding carboxylic acids is 1. The second-order valence-corrected chi connectivity index (χ2v) is 5.99. The summed E-state index contributed by atoms with van der Waals surface area (Å²) in [5.74, 6) is 0.0410. The number of nitrogens with one attached hydrogen (secondary N) is 2. The van der Waals surface area contributed by atoms with Crippen molar-refractivity contribution in [1.82, 2.24) is 15.0 Å². The Bertz CT molecular complexity index is 900. The molecule has 0 aliphatic heterocycles. The summed E-state index contributed by atoms with van der Waals surface area (Å²) in [7, 11) is 0. The molecule has 0 bridgehead atoms. The van der Waals surface area contributed by atoms with Crippen LogP contribution in [0.4, 0.5) is 5.69 Å². The molecule has 0 aliphatic rings. The normalized spacial score (nSPS) is 10.4. The van der Waals surface area contributed by atoms with Gasteiger partial charge in [-0.1, -0.05) is 23.4 Å². The Balaban J connectivity index is 1.60. The summed E-state index contributed by atoms with van der Waals surface area (Å²) in [6.45, 7) is 0. The molecular formula is C15H10ClN5OS. The molecule has 3 rings (SSSR count). The van der Waals surface area contributed by atoms with Crippen LogP contribution >= 0.6 is 23.4 Å². The zero-order valence-electron chi connectivity index (χ0n) is 11.7. The first-order valence-corrected chi connectivity index (χ1v) is 7.94. The largest absolute Gasteiger partial charge is 0.331 e. The predicted octanol–water partition coefficient (Wildman–Crippen LogP) is 3.21. The number of nitrogens with zero attached hydrogens (tertiary/aromatic N) is 3. The number of hydrogen-bond donors (Lipinski definition) is 2. The molecule has 0 unspecified atom stereocenters. The topological polar surface area (TPSA) is 94.5 Å². The van der Waals surface area contributed by atoms with Crippen LogP contribution in [0.2, 0.25) is 5.02 Å². The molecule has 0 spiro atoms. The number of benzene rings is 1. The standard InChI is InChI=1S/C15H10ClN5OS/c16-10-5-12-14(18-7-10)21-15(20-12)23-8-13(22)19-11-3-1-9(6-17)2-4-11/h1-5,7H,8H2,(H,19,22)(H,18,20,21). The molecule has 8 heteroatoms. The van der Waals surface area contributed by atoms with Gasteiger partial charge in [-0.05, 0) is 30.3 Å². The summed E-state index contributed by atoms with van der Waals surface area (Å²) in [6.07, 6.45) is 1.52. The zero-order valence-corrected chi connectivity index (χ0v) is 13.3. The number of nitriles is 1. The van der Waals surface area contributed by atoms with Crippen molar-refractivity contribution in [3.05, 3.63) is 47.1 Å². The van der Waals surface area contributed by atoms with Gasteiger partial charge in [0.1, 0.15) is 0 Å². The van der Waals surface area contributed by atoms with E-state index in [9.17, 15) is 4.79 Å². The van der Waals surface area contributed by atoms with Gasteiger partial charge < -0.3 is 10.3 Å². The van der Waals surface area contributed by atoms with Gasteiger partial charge in [-0.25, -0.2) is 9.97 Å². The molecule has 0 atom stereocenters. The van der Waals surface area contributed by atoms with E-state index in [2.05, 4.69) is 20.3 Å². The maximum absolute atomic E-state index is 11.9. The fourth-order valence-electron chi connectivity index (χ4n) is 1.88. The van der Waals surface area contributed by atoms with Crippen molar-refractivity contribution in [2.24, 2.45) is 0 Å². The number of aromatic amines is 1. The Labute approximate surface area is 140 Å². The zero-order chi connectivity index (χ0) is 16.2. The number of fused-ring (bicyclic) bond motifs is 1. The van der Waals surface area contributed by atoms with Crippen LogP contribution in [0.5, 0.6) is 0 Å². The molecule has 0 saturated carbocycles. The van der Waals surface area contributed by atoms with Crippen LogP contribution in [-0.2, 0) is 4.79 Å². The van der Waals surface area contributed by atoms with Crippen molar-refractivity contribution >= 4 is 46.1 Å². The van der Waals surface area contributed by atoms with E-state index in [1.807, 2.05) is 6.07 Å². The monoisotopic (exact) mass is 343 g/mol. The first-order valence-electron chi connectivity index (χ1n) is 6.58. The Morgan fingerprint density at radius 3 is 2.91 bits per heavy atom. The SMILES string of the molecule is N#Cc1ccc(NC(=O)CSc2nc3ncc(Cl)cc3[nH]2)cc1. The van der Waals surface area contributed by atoms with Crippen molar-refractivity contribution in [3.8, 4) is 6.07 Å². The molecule has 0 radical (unpaired) electrons. The van der Waals surface area contributed by atoms with Gasteiger partial charge in [0.2, 0.25) is 5.91 Å². The molecule has 2 aromatic heterocycles. The van der Waals surface area contributed by atoms with Crippen LogP contribution in [0.25, 0.3) is 11.2 Å².